The molecule has 246 valence electrons. The van der Waals surface area contributed by atoms with Gasteiger partial charge in [0.25, 0.3) is 5.91 Å². The fourth-order valence-corrected chi connectivity index (χ4v) is 7.54. The zero-order valence-electron chi connectivity index (χ0n) is 26.5. The maximum Gasteiger partial charge on any atom is 0.255 e. The lowest BCUT2D eigenvalue weighted by Crippen LogP contribution is -2.52. The van der Waals surface area contributed by atoms with E-state index in [2.05, 4.69) is 32.8 Å². The molecular formula is C35H40N6O5S. The van der Waals surface area contributed by atoms with E-state index in [9.17, 15) is 24.0 Å². The average molecular weight is 657 g/mol. The number of rotatable bonds is 11. The van der Waals surface area contributed by atoms with Crippen molar-refractivity contribution in [2.24, 2.45) is 11.8 Å². The SMILES string of the molecule is CC(CCCC(=O)Nc1cccc2c1CN(C1CCC(=O)NC1=O)C2=O)CN1CCC(C(=O)Nc2ncc(-c3ccccc3)s2)CC1. The van der Waals surface area contributed by atoms with Crippen molar-refractivity contribution in [3.8, 4) is 10.4 Å². The minimum absolute atomic E-state index is 0.0276. The number of imide groups is 1. The monoisotopic (exact) mass is 656 g/mol. The van der Waals surface area contributed by atoms with Gasteiger partial charge in [0.1, 0.15) is 6.04 Å². The Hall–Kier alpha value is -4.42. The molecule has 2 saturated heterocycles. The third-order valence-corrected chi connectivity index (χ3v) is 10.2. The third kappa shape index (κ3) is 7.77. The number of nitrogens with zero attached hydrogens (tertiary/aromatic N) is 3. The number of thiazole rings is 1. The molecule has 5 amide bonds. The summed E-state index contributed by atoms with van der Waals surface area (Å²) in [6, 6.07) is 14.5. The highest BCUT2D eigenvalue weighted by Gasteiger charge is 2.40. The second kappa shape index (κ2) is 14.6. The molecule has 0 bridgehead atoms. The standard InChI is InChI=1S/C35H40N6O5S/c1-22(20-40-17-15-24(16-18-40)32(44)39-35-36-19-29(47-35)23-8-3-2-4-9-23)7-5-12-30(42)37-27-11-6-10-25-26(27)21-41(34(25)46)28-13-14-31(43)38-33(28)45/h2-4,6,8-11,19,22,24,28H,5,7,12-18,20-21H2,1H3,(H,37,42)(H,36,39,44)(H,38,43,45). The Kier molecular flexibility index (Phi) is 10.1. The first-order chi connectivity index (χ1) is 22.7. The Morgan fingerprint density at radius 1 is 1.02 bits per heavy atom. The predicted octanol–water partition coefficient (Wildman–Crippen LogP) is 4.67. The molecule has 3 aliphatic heterocycles. The fraction of sp³-hybridized carbons (Fsp3) is 0.429. The third-order valence-electron chi connectivity index (χ3n) is 9.28. The van der Waals surface area contributed by atoms with Gasteiger partial charge in [0.15, 0.2) is 5.13 Å². The predicted molar refractivity (Wildman–Crippen MR) is 179 cm³/mol. The molecule has 3 aliphatic rings. The van der Waals surface area contributed by atoms with Gasteiger partial charge in [0.05, 0.1) is 4.88 Å². The molecule has 47 heavy (non-hydrogen) atoms. The summed E-state index contributed by atoms with van der Waals surface area (Å²) in [5, 5.41) is 8.94. The Balaban J connectivity index is 0.904. The molecule has 2 unspecified atom stereocenters. The van der Waals surface area contributed by atoms with Crippen LogP contribution in [0, 0.1) is 11.8 Å². The molecule has 1 aromatic heterocycles. The molecule has 4 heterocycles. The van der Waals surface area contributed by atoms with E-state index in [1.807, 2.05) is 30.3 Å². The molecule has 0 radical (unpaired) electrons. The Bertz CT molecular complexity index is 1650. The van der Waals surface area contributed by atoms with Crippen molar-refractivity contribution in [1.29, 1.82) is 0 Å². The number of benzene rings is 2. The minimum Gasteiger partial charge on any atom is -0.326 e. The second-order valence-electron chi connectivity index (χ2n) is 12.7. The van der Waals surface area contributed by atoms with Gasteiger partial charge in [-0.25, -0.2) is 4.98 Å². The number of carbonyl (C=O) groups excluding carboxylic acids is 5. The van der Waals surface area contributed by atoms with Gasteiger partial charge in [0, 0.05) is 54.9 Å². The van der Waals surface area contributed by atoms with Crippen molar-refractivity contribution in [3.05, 3.63) is 65.9 Å². The van der Waals surface area contributed by atoms with Gasteiger partial charge in [-0.3, -0.25) is 29.3 Å². The molecular weight excluding hydrogens is 616 g/mol. The van der Waals surface area contributed by atoms with Gasteiger partial charge in [-0.1, -0.05) is 54.7 Å². The Labute approximate surface area is 278 Å². The number of nitrogens with one attached hydrogen (secondary N) is 3. The number of anilines is 2. The molecule has 0 aliphatic carbocycles. The Morgan fingerprint density at radius 3 is 2.57 bits per heavy atom. The number of piperidine rings is 2. The zero-order valence-corrected chi connectivity index (χ0v) is 27.3. The van der Waals surface area contributed by atoms with Crippen molar-refractivity contribution in [2.45, 2.75) is 64.5 Å². The molecule has 3 N–H and O–H groups in total. The molecule has 2 atom stereocenters. The first-order valence-corrected chi connectivity index (χ1v) is 17.2. The average Bonchev–Trinajstić information content (AvgIpc) is 3.67. The molecule has 12 heteroatoms. The highest BCUT2D eigenvalue weighted by Crippen LogP contribution is 2.33. The van der Waals surface area contributed by atoms with Gasteiger partial charge in [-0.05, 0) is 68.8 Å². The van der Waals surface area contributed by atoms with Crippen LogP contribution in [0.3, 0.4) is 0 Å². The summed E-state index contributed by atoms with van der Waals surface area (Å²) >= 11 is 1.49. The fourth-order valence-electron chi connectivity index (χ4n) is 6.71. The van der Waals surface area contributed by atoms with Gasteiger partial charge in [-0.2, -0.15) is 0 Å². The van der Waals surface area contributed by atoms with E-state index in [1.165, 1.54) is 16.2 Å². The molecule has 6 rings (SSSR count). The number of fused-ring (bicyclic) bond motifs is 1. The number of aromatic nitrogens is 1. The van der Waals surface area contributed by atoms with Crippen molar-refractivity contribution >= 4 is 51.7 Å². The first-order valence-electron chi connectivity index (χ1n) is 16.4. The number of amides is 5. The molecule has 0 saturated carbocycles. The van der Waals surface area contributed by atoms with Crippen LogP contribution in [-0.2, 0) is 25.7 Å². The van der Waals surface area contributed by atoms with Crippen LogP contribution in [0.4, 0.5) is 10.8 Å². The smallest absolute Gasteiger partial charge is 0.255 e. The van der Waals surface area contributed by atoms with Crippen molar-refractivity contribution in [1.82, 2.24) is 20.1 Å². The quantitative estimate of drug-likeness (QED) is 0.255. The zero-order chi connectivity index (χ0) is 32.9. The van der Waals surface area contributed by atoms with Crippen LogP contribution in [0.15, 0.2) is 54.7 Å². The summed E-state index contributed by atoms with van der Waals surface area (Å²) in [7, 11) is 0. The highest BCUT2D eigenvalue weighted by atomic mass is 32.1. The van der Waals surface area contributed by atoms with Crippen molar-refractivity contribution in [2.75, 3.05) is 30.3 Å². The van der Waals surface area contributed by atoms with Crippen LogP contribution in [0.1, 0.15) is 67.8 Å². The van der Waals surface area contributed by atoms with Crippen LogP contribution in [-0.4, -0.2) is 70.0 Å². The van der Waals surface area contributed by atoms with E-state index in [0.717, 1.165) is 55.8 Å². The van der Waals surface area contributed by atoms with Gasteiger partial charge >= 0.3 is 0 Å². The van der Waals surface area contributed by atoms with Crippen LogP contribution < -0.4 is 16.0 Å². The minimum atomic E-state index is -0.696. The van der Waals surface area contributed by atoms with E-state index in [-0.39, 0.29) is 42.5 Å². The van der Waals surface area contributed by atoms with E-state index in [1.54, 1.807) is 24.4 Å². The molecule has 0 spiro atoms. The highest BCUT2D eigenvalue weighted by molar-refractivity contribution is 7.19. The number of hydrogen-bond donors (Lipinski definition) is 3. The molecule has 2 fully saturated rings. The molecule has 3 aromatic rings. The summed E-state index contributed by atoms with van der Waals surface area (Å²) in [6.07, 6.45) is 5.91. The summed E-state index contributed by atoms with van der Waals surface area (Å²) < 4.78 is 0. The summed E-state index contributed by atoms with van der Waals surface area (Å²) in [5.74, 6) is -0.744. The largest absolute Gasteiger partial charge is 0.326 e. The second-order valence-corrected chi connectivity index (χ2v) is 13.8. The van der Waals surface area contributed by atoms with Crippen LogP contribution in [0.25, 0.3) is 10.4 Å². The van der Waals surface area contributed by atoms with Gasteiger partial charge in [0.2, 0.25) is 23.6 Å². The normalized spacial score (nSPS) is 19.3. The molecule has 11 nitrogen and oxygen atoms in total. The van der Waals surface area contributed by atoms with E-state index >= 15 is 0 Å². The number of hydrogen-bond acceptors (Lipinski definition) is 8. The maximum absolute atomic E-state index is 13.1. The van der Waals surface area contributed by atoms with Crippen molar-refractivity contribution < 1.29 is 24.0 Å². The lowest BCUT2D eigenvalue weighted by molar-refractivity contribution is -0.137. The van der Waals surface area contributed by atoms with Gasteiger partial charge in [-0.15, -0.1) is 0 Å². The Morgan fingerprint density at radius 2 is 1.81 bits per heavy atom. The van der Waals surface area contributed by atoms with Crippen LogP contribution >= 0.6 is 11.3 Å². The first kappa shape index (κ1) is 32.5. The lowest BCUT2D eigenvalue weighted by atomic mass is 9.94. The van der Waals surface area contributed by atoms with E-state index < -0.39 is 11.9 Å². The number of likely N-dealkylation sites (tertiary alicyclic amines) is 1. The lowest BCUT2D eigenvalue weighted by Gasteiger charge is -2.32. The molecule has 2 aromatic carbocycles. The van der Waals surface area contributed by atoms with Crippen molar-refractivity contribution in [3.63, 3.8) is 0 Å². The van der Waals surface area contributed by atoms with E-state index in [4.69, 9.17) is 0 Å². The summed E-state index contributed by atoms with van der Waals surface area (Å²) in [6.45, 7) is 5.07. The number of carbonyl (C=O) groups is 5. The topological polar surface area (TPSA) is 141 Å². The summed E-state index contributed by atoms with van der Waals surface area (Å²) in [5.41, 5.74) is 2.85. The maximum atomic E-state index is 13.1. The van der Waals surface area contributed by atoms with Crippen LogP contribution in [0.2, 0.25) is 0 Å². The summed E-state index contributed by atoms with van der Waals surface area (Å²) in [4.78, 5) is 72.1. The van der Waals surface area contributed by atoms with Gasteiger partial charge < -0.3 is 20.4 Å². The van der Waals surface area contributed by atoms with E-state index in [0.29, 0.717) is 40.7 Å². The van der Waals surface area contributed by atoms with Crippen LogP contribution in [0.5, 0.6) is 0 Å².